The van der Waals surface area contributed by atoms with Gasteiger partial charge in [-0.2, -0.15) is 0 Å². The molecule has 1 amide bonds. The van der Waals surface area contributed by atoms with Crippen molar-refractivity contribution < 1.29 is 19.4 Å². The predicted octanol–water partition coefficient (Wildman–Crippen LogP) is -0.0140. The fraction of sp³-hybridized carbons (Fsp3) is 0.364. The first kappa shape index (κ1) is 13.4. The van der Waals surface area contributed by atoms with Crippen LogP contribution in [0, 0.1) is 12.7 Å². The Hall–Kier alpha value is -1.66. The third-order valence-electron chi connectivity index (χ3n) is 2.48. The molecular formula is C11H15FN2O3. The summed E-state index contributed by atoms with van der Waals surface area (Å²) in [6.07, 6.45) is -3.44. The maximum absolute atomic E-state index is 13.5. The zero-order valence-corrected chi connectivity index (χ0v) is 9.35. The molecule has 0 spiro atoms. The zero-order valence-electron chi connectivity index (χ0n) is 9.35. The minimum Gasteiger partial charge on any atom is -0.399 e. The number of hydrogen-bond acceptors (Lipinski definition) is 4. The highest BCUT2D eigenvalue weighted by molar-refractivity contribution is 5.74. The van der Waals surface area contributed by atoms with Crippen molar-refractivity contribution in [1.82, 2.24) is 0 Å². The lowest BCUT2D eigenvalue weighted by Gasteiger charge is -2.18. The Balaban J connectivity index is 2.99. The van der Waals surface area contributed by atoms with E-state index in [1.165, 1.54) is 6.07 Å². The average molecular weight is 242 g/mol. The second-order valence-corrected chi connectivity index (χ2v) is 3.91. The highest BCUT2D eigenvalue weighted by Crippen LogP contribution is 2.26. The third kappa shape index (κ3) is 3.15. The second-order valence-electron chi connectivity index (χ2n) is 3.91. The van der Waals surface area contributed by atoms with Crippen LogP contribution in [0.4, 0.5) is 10.1 Å². The first-order chi connectivity index (χ1) is 7.82. The maximum atomic E-state index is 13.5. The molecule has 0 saturated heterocycles. The fourth-order valence-corrected chi connectivity index (χ4v) is 1.46. The molecular weight excluding hydrogens is 227 g/mol. The Morgan fingerprint density at radius 3 is 2.59 bits per heavy atom. The van der Waals surface area contributed by atoms with Gasteiger partial charge in [-0.3, -0.25) is 4.79 Å². The molecule has 0 heterocycles. The molecule has 6 N–H and O–H groups in total. The van der Waals surface area contributed by atoms with Gasteiger partial charge in [-0.1, -0.05) is 0 Å². The Bertz CT molecular complexity index is 437. The summed E-state index contributed by atoms with van der Waals surface area (Å²) < 4.78 is 13.5. The first-order valence-electron chi connectivity index (χ1n) is 5.03. The zero-order chi connectivity index (χ0) is 13.2. The smallest absolute Gasteiger partial charge is 0.220 e. The number of halogens is 1. The molecule has 1 aromatic carbocycles. The number of amides is 1. The van der Waals surface area contributed by atoms with Crippen molar-refractivity contribution in [2.75, 3.05) is 5.73 Å². The summed E-state index contributed by atoms with van der Waals surface area (Å²) in [4.78, 5) is 10.6. The van der Waals surface area contributed by atoms with Crippen molar-refractivity contribution in [2.24, 2.45) is 5.73 Å². The quantitative estimate of drug-likeness (QED) is 0.556. The van der Waals surface area contributed by atoms with Crippen molar-refractivity contribution in [2.45, 2.75) is 25.6 Å². The van der Waals surface area contributed by atoms with Crippen molar-refractivity contribution >= 4 is 11.6 Å². The number of anilines is 1. The molecule has 17 heavy (non-hydrogen) atoms. The van der Waals surface area contributed by atoms with E-state index in [2.05, 4.69) is 0 Å². The Kier molecular flexibility index (Phi) is 4.03. The van der Waals surface area contributed by atoms with Crippen LogP contribution >= 0.6 is 0 Å². The second kappa shape index (κ2) is 5.11. The predicted molar refractivity (Wildman–Crippen MR) is 60.3 cm³/mol. The van der Waals surface area contributed by atoms with E-state index in [1.807, 2.05) is 0 Å². The van der Waals surface area contributed by atoms with Gasteiger partial charge in [0, 0.05) is 11.3 Å². The van der Waals surface area contributed by atoms with Crippen molar-refractivity contribution in [1.29, 1.82) is 0 Å². The Morgan fingerprint density at radius 2 is 2.06 bits per heavy atom. The summed E-state index contributed by atoms with van der Waals surface area (Å²) in [5.41, 5.74) is 11.1. The molecule has 5 nitrogen and oxygen atoms in total. The topological polar surface area (TPSA) is 110 Å². The van der Waals surface area contributed by atoms with Crippen LogP contribution < -0.4 is 11.5 Å². The number of benzene rings is 1. The van der Waals surface area contributed by atoms with Gasteiger partial charge in [0.25, 0.3) is 0 Å². The van der Waals surface area contributed by atoms with Crippen LogP contribution in [0.3, 0.4) is 0 Å². The number of nitrogen functional groups attached to an aromatic ring is 1. The van der Waals surface area contributed by atoms with E-state index < -0.39 is 30.4 Å². The SMILES string of the molecule is Cc1cc(F)c(C(O)C(O)CC(N)=O)cc1N. The molecule has 6 heteroatoms. The number of hydrogen-bond donors (Lipinski definition) is 4. The molecule has 0 saturated carbocycles. The molecule has 0 radical (unpaired) electrons. The van der Waals surface area contributed by atoms with E-state index in [1.54, 1.807) is 6.92 Å². The van der Waals surface area contributed by atoms with E-state index >= 15 is 0 Å². The lowest BCUT2D eigenvalue weighted by molar-refractivity contribution is -0.121. The number of rotatable bonds is 4. The Morgan fingerprint density at radius 1 is 1.47 bits per heavy atom. The lowest BCUT2D eigenvalue weighted by atomic mass is 9.99. The van der Waals surface area contributed by atoms with Gasteiger partial charge < -0.3 is 21.7 Å². The van der Waals surface area contributed by atoms with Gasteiger partial charge in [0.05, 0.1) is 12.5 Å². The standard InChI is InChI=1S/C11H15FN2O3/c1-5-2-7(12)6(3-8(5)13)11(17)9(15)4-10(14)16/h2-3,9,11,15,17H,4,13H2,1H3,(H2,14,16). The number of aliphatic hydroxyl groups excluding tert-OH is 2. The average Bonchev–Trinajstić information content (AvgIpc) is 2.21. The molecule has 2 atom stereocenters. The van der Waals surface area contributed by atoms with Gasteiger partial charge in [-0.15, -0.1) is 0 Å². The molecule has 2 unspecified atom stereocenters. The number of aliphatic hydroxyl groups is 2. The number of carbonyl (C=O) groups is 1. The van der Waals surface area contributed by atoms with E-state index in [9.17, 15) is 19.4 Å². The summed E-state index contributed by atoms with van der Waals surface area (Å²) in [5, 5.41) is 19.1. The molecule has 1 rings (SSSR count). The molecule has 0 bridgehead atoms. The summed E-state index contributed by atoms with van der Waals surface area (Å²) in [7, 11) is 0. The van der Waals surface area contributed by atoms with Crippen LogP contribution in [0.2, 0.25) is 0 Å². The van der Waals surface area contributed by atoms with Crippen LogP contribution in [0.1, 0.15) is 23.7 Å². The molecule has 1 aromatic rings. The lowest BCUT2D eigenvalue weighted by Crippen LogP contribution is -2.26. The van der Waals surface area contributed by atoms with Crippen molar-refractivity contribution in [3.8, 4) is 0 Å². The number of nitrogens with two attached hydrogens (primary N) is 2. The van der Waals surface area contributed by atoms with Crippen molar-refractivity contribution in [3.05, 3.63) is 29.1 Å². The van der Waals surface area contributed by atoms with Crippen LogP contribution in [-0.2, 0) is 4.79 Å². The summed E-state index contributed by atoms with van der Waals surface area (Å²) in [6, 6.07) is 2.39. The molecule has 0 aliphatic rings. The highest BCUT2D eigenvalue weighted by Gasteiger charge is 2.23. The van der Waals surface area contributed by atoms with Crippen molar-refractivity contribution in [3.63, 3.8) is 0 Å². The van der Waals surface area contributed by atoms with Crippen LogP contribution in [0.25, 0.3) is 0 Å². The number of primary amides is 1. The van der Waals surface area contributed by atoms with Crippen LogP contribution in [-0.4, -0.2) is 22.2 Å². The van der Waals surface area contributed by atoms with Gasteiger partial charge in [0.15, 0.2) is 0 Å². The minimum absolute atomic E-state index is 0.151. The molecule has 0 aromatic heterocycles. The van der Waals surface area contributed by atoms with Gasteiger partial charge >= 0.3 is 0 Å². The normalized spacial score (nSPS) is 14.4. The highest BCUT2D eigenvalue weighted by atomic mass is 19.1. The van der Waals surface area contributed by atoms with Gasteiger partial charge in [-0.05, 0) is 24.6 Å². The van der Waals surface area contributed by atoms with Gasteiger partial charge in [-0.25, -0.2) is 4.39 Å². The van der Waals surface area contributed by atoms with Crippen LogP contribution in [0.5, 0.6) is 0 Å². The first-order valence-corrected chi connectivity index (χ1v) is 5.03. The molecule has 0 fully saturated rings. The van der Waals surface area contributed by atoms with E-state index in [-0.39, 0.29) is 5.56 Å². The summed E-state index contributed by atoms with van der Waals surface area (Å²) >= 11 is 0. The summed E-state index contributed by atoms with van der Waals surface area (Å²) in [5.74, 6) is -1.47. The van der Waals surface area contributed by atoms with Gasteiger partial charge in [0.1, 0.15) is 11.9 Å². The maximum Gasteiger partial charge on any atom is 0.220 e. The minimum atomic E-state index is -1.54. The van der Waals surface area contributed by atoms with Gasteiger partial charge in [0.2, 0.25) is 5.91 Å². The number of carbonyl (C=O) groups excluding carboxylic acids is 1. The molecule has 0 aliphatic heterocycles. The Labute approximate surface area is 97.9 Å². The van der Waals surface area contributed by atoms with E-state index in [4.69, 9.17) is 11.5 Å². The fourth-order valence-electron chi connectivity index (χ4n) is 1.46. The third-order valence-corrected chi connectivity index (χ3v) is 2.48. The van der Waals surface area contributed by atoms with Crippen LogP contribution in [0.15, 0.2) is 12.1 Å². The summed E-state index contributed by atoms with van der Waals surface area (Å²) in [6.45, 7) is 1.62. The van der Waals surface area contributed by atoms with E-state index in [0.717, 1.165) is 6.07 Å². The molecule has 94 valence electrons. The molecule has 0 aliphatic carbocycles. The monoisotopic (exact) mass is 242 g/mol. The largest absolute Gasteiger partial charge is 0.399 e. The van der Waals surface area contributed by atoms with E-state index in [0.29, 0.717) is 11.3 Å². The number of aryl methyl sites for hydroxylation is 1.